The van der Waals surface area contributed by atoms with Gasteiger partial charge in [-0.3, -0.25) is 4.79 Å². The van der Waals surface area contributed by atoms with Gasteiger partial charge < -0.3 is 5.32 Å². The Kier molecular flexibility index (Phi) is 4.66. The number of carbonyl (C=O) groups excluding carboxylic acids is 1. The van der Waals surface area contributed by atoms with Crippen LogP contribution in [0.3, 0.4) is 0 Å². The molecule has 1 rings (SSSR count). The molecule has 0 unspecified atom stereocenters. The van der Waals surface area contributed by atoms with Crippen molar-refractivity contribution in [3.05, 3.63) is 40.9 Å². The van der Waals surface area contributed by atoms with E-state index in [-0.39, 0.29) is 5.91 Å². The molecule has 0 saturated heterocycles. The maximum atomic E-state index is 11.3. The molecular formula is C11H11Cl2NO. The van der Waals surface area contributed by atoms with E-state index in [0.29, 0.717) is 28.6 Å². The highest BCUT2D eigenvalue weighted by Gasteiger charge is 2.03. The Labute approximate surface area is 98.9 Å². The molecule has 0 aromatic heterocycles. The summed E-state index contributed by atoms with van der Waals surface area (Å²) in [5.74, 6) is -0.0618. The third kappa shape index (κ3) is 3.94. The minimum Gasteiger partial charge on any atom is -0.326 e. The summed E-state index contributed by atoms with van der Waals surface area (Å²) in [7, 11) is 0. The van der Waals surface area contributed by atoms with Crippen LogP contribution in [0.25, 0.3) is 0 Å². The zero-order valence-electron chi connectivity index (χ0n) is 8.09. The van der Waals surface area contributed by atoms with Crippen LogP contribution in [-0.2, 0) is 4.79 Å². The number of allylic oxidation sites excluding steroid dienone is 1. The van der Waals surface area contributed by atoms with Gasteiger partial charge in [-0.05, 0) is 24.6 Å². The molecule has 0 aliphatic carbocycles. The van der Waals surface area contributed by atoms with Crippen molar-refractivity contribution >= 4 is 34.8 Å². The van der Waals surface area contributed by atoms with Crippen molar-refractivity contribution in [1.29, 1.82) is 0 Å². The van der Waals surface area contributed by atoms with Gasteiger partial charge in [-0.2, -0.15) is 0 Å². The molecule has 2 nitrogen and oxygen atoms in total. The normalized spacial score (nSPS) is 9.73. The molecule has 0 fully saturated rings. The SMILES string of the molecule is C=CCCC(=O)Nc1ccc(Cl)c(Cl)c1. The smallest absolute Gasteiger partial charge is 0.224 e. The summed E-state index contributed by atoms with van der Waals surface area (Å²) in [5, 5.41) is 3.62. The molecule has 1 aromatic rings. The van der Waals surface area contributed by atoms with E-state index in [4.69, 9.17) is 23.2 Å². The van der Waals surface area contributed by atoms with E-state index < -0.39 is 0 Å². The lowest BCUT2D eigenvalue weighted by atomic mass is 10.2. The minimum absolute atomic E-state index is 0.0618. The first-order chi connectivity index (χ1) is 7.13. The van der Waals surface area contributed by atoms with E-state index in [9.17, 15) is 4.79 Å². The Hall–Kier alpha value is -0.990. The first kappa shape index (κ1) is 12.1. The molecule has 0 aliphatic heterocycles. The molecule has 1 amide bonds. The van der Waals surface area contributed by atoms with Gasteiger partial charge in [0.25, 0.3) is 0 Å². The molecular weight excluding hydrogens is 233 g/mol. The van der Waals surface area contributed by atoms with E-state index >= 15 is 0 Å². The fourth-order valence-corrected chi connectivity index (χ4v) is 1.33. The number of hydrogen-bond acceptors (Lipinski definition) is 1. The number of carbonyl (C=O) groups is 1. The zero-order valence-corrected chi connectivity index (χ0v) is 9.61. The number of rotatable bonds is 4. The van der Waals surface area contributed by atoms with Crippen LogP contribution < -0.4 is 5.32 Å². The topological polar surface area (TPSA) is 29.1 Å². The molecule has 1 aromatic carbocycles. The van der Waals surface area contributed by atoms with E-state index in [2.05, 4.69) is 11.9 Å². The van der Waals surface area contributed by atoms with Crippen molar-refractivity contribution in [2.45, 2.75) is 12.8 Å². The first-order valence-electron chi connectivity index (χ1n) is 4.49. The Morgan fingerprint density at radius 3 is 2.73 bits per heavy atom. The van der Waals surface area contributed by atoms with Crippen molar-refractivity contribution in [3.8, 4) is 0 Å². The highest BCUT2D eigenvalue weighted by molar-refractivity contribution is 6.42. The number of hydrogen-bond donors (Lipinski definition) is 1. The van der Waals surface area contributed by atoms with Crippen LogP contribution in [0.4, 0.5) is 5.69 Å². The molecule has 15 heavy (non-hydrogen) atoms. The Balaban J connectivity index is 2.60. The second kappa shape index (κ2) is 5.79. The van der Waals surface area contributed by atoms with Gasteiger partial charge in [0.1, 0.15) is 0 Å². The van der Waals surface area contributed by atoms with Gasteiger partial charge in [-0.25, -0.2) is 0 Å². The van der Waals surface area contributed by atoms with E-state index in [1.807, 2.05) is 0 Å². The molecule has 0 aliphatic rings. The largest absolute Gasteiger partial charge is 0.326 e. The van der Waals surface area contributed by atoms with Crippen molar-refractivity contribution in [3.63, 3.8) is 0 Å². The number of benzene rings is 1. The summed E-state index contributed by atoms with van der Waals surface area (Å²) in [4.78, 5) is 11.3. The number of halogens is 2. The van der Waals surface area contributed by atoms with Crippen LogP contribution >= 0.6 is 23.2 Å². The van der Waals surface area contributed by atoms with Crippen molar-refractivity contribution < 1.29 is 4.79 Å². The molecule has 0 atom stereocenters. The summed E-state index contributed by atoms with van der Waals surface area (Å²) >= 11 is 11.5. The average molecular weight is 244 g/mol. The highest BCUT2D eigenvalue weighted by Crippen LogP contribution is 2.25. The summed E-state index contributed by atoms with van der Waals surface area (Å²) in [5.41, 5.74) is 0.651. The lowest BCUT2D eigenvalue weighted by Crippen LogP contribution is -2.10. The molecule has 80 valence electrons. The van der Waals surface area contributed by atoms with Gasteiger partial charge in [-0.1, -0.05) is 29.3 Å². The van der Waals surface area contributed by atoms with Gasteiger partial charge in [-0.15, -0.1) is 6.58 Å². The lowest BCUT2D eigenvalue weighted by molar-refractivity contribution is -0.116. The van der Waals surface area contributed by atoms with Crippen molar-refractivity contribution in [1.82, 2.24) is 0 Å². The summed E-state index contributed by atoms with van der Waals surface area (Å²) in [6, 6.07) is 4.97. The van der Waals surface area contributed by atoms with Gasteiger partial charge in [0.15, 0.2) is 0 Å². The third-order valence-corrected chi connectivity index (χ3v) is 2.52. The Morgan fingerprint density at radius 2 is 2.13 bits per heavy atom. The van der Waals surface area contributed by atoms with Gasteiger partial charge in [0.2, 0.25) is 5.91 Å². The zero-order chi connectivity index (χ0) is 11.3. The van der Waals surface area contributed by atoms with Crippen LogP contribution in [0.5, 0.6) is 0 Å². The molecule has 0 spiro atoms. The van der Waals surface area contributed by atoms with Crippen molar-refractivity contribution in [2.75, 3.05) is 5.32 Å². The lowest BCUT2D eigenvalue weighted by Gasteiger charge is -2.05. The second-order valence-electron chi connectivity index (χ2n) is 3.00. The van der Waals surface area contributed by atoms with E-state index in [1.54, 1.807) is 24.3 Å². The van der Waals surface area contributed by atoms with Gasteiger partial charge >= 0.3 is 0 Å². The molecule has 4 heteroatoms. The molecule has 0 saturated carbocycles. The highest BCUT2D eigenvalue weighted by atomic mass is 35.5. The third-order valence-electron chi connectivity index (χ3n) is 1.78. The standard InChI is InChI=1S/C11H11Cl2NO/c1-2-3-4-11(15)14-8-5-6-9(12)10(13)7-8/h2,5-7H,1,3-4H2,(H,14,15). The molecule has 0 radical (unpaired) electrons. The Morgan fingerprint density at radius 1 is 1.40 bits per heavy atom. The van der Waals surface area contributed by atoms with Crippen LogP contribution in [0.15, 0.2) is 30.9 Å². The quantitative estimate of drug-likeness (QED) is 0.799. The summed E-state index contributed by atoms with van der Waals surface area (Å²) in [6.45, 7) is 3.55. The number of anilines is 1. The average Bonchev–Trinajstić information content (AvgIpc) is 2.20. The minimum atomic E-state index is -0.0618. The van der Waals surface area contributed by atoms with Crippen molar-refractivity contribution in [2.24, 2.45) is 0 Å². The van der Waals surface area contributed by atoms with Crippen LogP contribution in [-0.4, -0.2) is 5.91 Å². The number of amides is 1. The fourth-order valence-electron chi connectivity index (χ4n) is 1.03. The predicted molar refractivity (Wildman–Crippen MR) is 64.5 cm³/mol. The van der Waals surface area contributed by atoms with Crippen LogP contribution in [0.1, 0.15) is 12.8 Å². The maximum Gasteiger partial charge on any atom is 0.224 e. The molecule has 1 N–H and O–H groups in total. The number of nitrogens with one attached hydrogen (secondary N) is 1. The first-order valence-corrected chi connectivity index (χ1v) is 5.25. The predicted octanol–water partition coefficient (Wildman–Crippen LogP) is 3.90. The fraction of sp³-hybridized carbons (Fsp3) is 0.182. The molecule has 0 heterocycles. The van der Waals surface area contributed by atoms with Crippen LogP contribution in [0, 0.1) is 0 Å². The van der Waals surface area contributed by atoms with Gasteiger partial charge in [0, 0.05) is 12.1 Å². The van der Waals surface area contributed by atoms with E-state index in [0.717, 1.165) is 0 Å². The Bertz CT molecular complexity index is 377. The summed E-state index contributed by atoms with van der Waals surface area (Å²) < 4.78 is 0. The van der Waals surface area contributed by atoms with E-state index in [1.165, 1.54) is 0 Å². The van der Waals surface area contributed by atoms with Gasteiger partial charge in [0.05, 0.1) is 10.0 Å². The monoisotopic (exact) mass is 243 g/mol. The second-order valence-corrected chi connectivity index (χ2v) is 3.82. The summed E-state index contributed by atoms with van der Waals surface area (Å²) in [6.07, 6.45) is 2.78. The molecule has 0 bridgehead atoms. The maximum absolute atomic E-state index is 11.3. The van der Waals surface area contributed by atoms with Crippen LogP contribution in [0.2, 0.25) is 10.0 Å².